The van der Waals surface area contributed by atoms with Gasteiger partial charge in [0.25, 0.3) is 0 Å². The molecule has 4 aromatic heterocycles. The van der Waals surface area contributed by atoms with Crippen LogP contribution in [0.2, 0.25) is 0 Å². The maximum absolute atomic E-state index is 12.9. The summed E-state index contributed by atoms with van der Waals surface area (Å²) >= 11 is 1.50. The van der Waals surface area contributed by atoms with Crippen LogP contribution >= 0.6 is 11.3 Å². The van der Waals surface area contributed by atoms with E-state index in [9.17, 15) is 4.79 Å². The van der Waals surface area contributed by atoms with Crippen molar-refractivity contribution >= 4 is 33.3 Å². The molecule has 0 aromatic carbocycles. The number of ketones is 1. The van der Waals surface area contributed by atoms with Crippen molar-refractivity contribution in [1.29, 1.82) is 0 Å². The Morgan fingerprint density at radius 3 is 2.48 bits per heavy atom. The third-order valence-electron chi connectivity index (χ3n) is 4.52. The smallest absolute Gasteiger partial charge is 0.224 e. The summed E-state index contributed by atoms with van der Waals surface area (Å²) in [6, 6.07) is 6.04. The SMILES string of the molecule is Cc1cncc(CCC(=O)c2nc(NCc3cncc(C)c3)nc3ccsc23)c1. The monoisotopic (exact) mass is 403 g/mol. The first-order valence-corrected chi connectivity index (χ1v) is 10.3. The first kappa shape index (κ1) is 19.1. The molecule has 4 aromatic rings. The zero-order valence-corrected chi connectivity index (χ0v) is 17.2. The molecular formula is C22H21N5OS. The van der Waals surface area contributed by atoms with Crippen LogP contribution in [0.25, 0.3) is 10.2 Å². The maximum Gasteiger partial charge on any atom is 0.224 e. The van der Waals surface area contributed by atoms with Crippen molar-refractivity contribution in [3.63, 3.8) is 0 Å². The molecule has 6 nitrogen and oxygen atoms in total. The number of aromatic nitrogens is 4. The normalized spacial score (nSPS) is 11.0. The molecule has 4 heterocycles. The second-order valence-electron chi connectivity index (χ2n) is 7.05. The fourth-order valence-electron chi connectivity index (χ4n) is 3.16. The van der Waals surface area contributed by atoms with Gasteiger partial charge in [-0.25, -0.2) is 9.97 Å². The van der Waals surface area contributed by atoms with Gasteiger partial charge in [-0.3, -0.25) is 14.8 Å². The van der Waals surface area contributed by atoms with E-state index in [1.54, 1.807) is 0 Å². The third kappa shape index (κ3) is 4.63. The fraction of sp³-hybridized carbons (Fsp3) is 0.227. The van der Waals surface area contributed by atoms with E-state index < -0.39 is 0 Å². The Balaban J connectivity index is 1.53. The number of thiophene rings is 1. The van der Waals surface area contributed by atoms with Crippen molar-refractivity contribution in [3.8, 4) is 0 Å². The second kappa shape index (κ2) is 8.45. The minimum atomic E-state index is 0.0154. The molecule has 0 unspecified atom stereocenters. The summed E-state index contributed by atoms with van der Waals surface area (Å²) in [4.78, 5) is 30.4. The Hall–Kier alpha value is -3.19. The van der Waals surface area contributed by atoms with Crippen LogP contribution in [-0.2, 0) is 13.0 Å². The van der Waals surface area contributed by atoms with E-state index in [2.05, 4.69) is 37.4 Å². The van der Waals surface area contributed by atoms with Crippen molar-refractivity contribution < 1.29 is 4.79 Å². The number of pyridine rings is 2. The van der Waals surface area contributed by atoms with Crippen LogP contribution in [0.3, 0.4) is 0 Å². The van der Waals surface area contributed by atoms with Crippen molar-refractivity contribution in [1.82, 2.24) is 19.9 Å². The molecule has 0 fully saturated rings. The van der Waals surface area contributed by atoms with E-state index in [0.29, 0.717) is 31.0 Å². The van der Waals surface area contributed by atoms with Gasteiger partial charge in [0.2, 0.25) is 5.95 Å². The van der Waals surface area contributed by atoms with Crippen LogP contribution < -0.4 is 5.32 Å². The number of Topliss-reactive ketones (excluding diaryl/α,β-unsaturated/α-hetero) is 1. The number of nitrogens with zero attached hydrogens (tertiary/aromatic N) is 4. The minimum Gasteiger partial charge on any atom is -0.350 e. The van der Waals surface area contributed by atoms with Crippen LogP contribution in [0.4, 0.5) is 5.95 Å². The number of nitrogens with one attached hydrogen (secondary N) is 1. The summed E-state index contributed by atoms with van der Waals surface area (Å²) in [5.41, 5.74) is 5.56. The van der Waals surface area contributed by atoms with E-state index in [4.69, 9.17) is 0 Å². The molecule has 4 rings (SSSR count). The Bertz CT molecular complexity index is 1170. The molecule has 0 atom stereocenters. The molecule has 29 heavy (non-hydrogen) atoms. The summed E-state index contributed by atoms with van der Waals surface area (Å²) < 4.78 is 0.833. The number of aryl methyl sites for hydroxylation is 3. The van der Waals surface area contributed by atoms with Gasteiger partial charge >= 0.3 is 0 Å². The van der Waals surface area contributed by atoms with Crippen LogP contribution in [-0.4, -0.2) is 25.7 Å². The van der Waals surface area contributed by atoms with E-state index in [1.165, 1.54) is 11.3 Å². The number of rotatable bonds is 7. The summed E-state index contributed by atoms with van der Waals surface area (Å²) in [7, 11) is 0. The van der Waals surface area contributed by atoms with Crippen LogP contribution in [0.15, 0.2) is 48.4 Å². The highest BCUT2D eigenvalue weighted by Gasteiger charge is 2.16. The second-order valence-corrected chi connectivity index (χ2v) is 7.96. The van der Waals surface area contributed by atoms with Crippen molar-refractivity contribution in [3.05, 3.63) is 76.3 Å². The van der Waals surface area contributed by atoms with Gasteiger partial charge in [-0.1, -0.05) is 12.1 Å². The number of anilines is 1. The number of carbonyl (C=O) groups is 1. The van der Waals surface area contributed by atoms with Gasteiger partial charge in [-0.05, 0) is 54.0 Å². The van der Waals surface area contributed by atoms with E-state index in [1.807, 2.05) is 50.1 Å². The highest BCUT2D eigenvalue weighted by atomic mass is 32.1. The number of fused-ring (bicyclic) bond motifs is 1. The van der Waals surface area contributed by atoms with Crippen molar-refractivity contribution in [2.75, 3.05) is 5.32 Å². The first-order valence-electron chi connectivity index (χ1n) is 9.42. The topological polar surface area (TPSA) is 80.7 Å². The van der Waals surface area contributed by atoms with E-state index >= 15 is 0 Å². The average molecular weight is 404 g/mol. The summed E-state index contributed by atoms with van der Waals surface area (Å²) in [6.45, 7) is 4.55. The quantitative estimate of drug-likeness (QED) is 0.457. The van der Waals surface area contributed by atoms with Crippen LogP contribution in [0, 0.1) is 13.8 Å². The summed E-state index contributed by atoms with van der Waals surface area (Å²) in [5.74, 6) is 0.472. The average Bonchev–Trinajstić information content (AvgIpc) is 3.18. The molecule has 0 radical (unpaired) electrons. The maximum atomic E-state index is 12.9. The van der Waals surface area contributed by atoms with Crippen molar-refractivity contribution in [2.45, 2.75) is 33.2 Å². The Kier molecular flexibility index (Phi) is 5.57. The molecule has 0 bridgehead atoms. The number of hydrogen-bond donors (Lipinski definition) is 1. The van der Waals surface area contributed by atoms with Crippen LogP contribution in [0.5, 0.6) is 0 Å². The standard InChI is InChI=1S/C22H21N5OS/c1-14-7-16(11-23-9-14)3-4-19(28)20-21-18(5-6-29-21)26-22(27-20)25-13-17-8-15(2)10-24-12-17/h5-12H,3-4,13H2,1-2H3,(H,25,26,27). The number of hydrogen-bond acceptors (Lipinski definition) is 7. The zero-order chi connectivity index (χ0) is 20.2. The lowest BCUT2D eigenvalue weighted by Crippen LogP contribution is -2.10. The predicted molar refractivity (Wildman–Crippen MR) is 115 cm³/mol. The molecule has 0 aliphatic rings. The molecule has 0 aliphatic heterocycles. The third-order valence-corrected chi connectivity index (χ3v) is 5.43. The van der Waals surface area contributed by atoms with Crippen molar-refractivity contribution in [2.24, 2.45) is 0 Å². The van der Waals surface area contributed by atoms with E-state index in [0.717, 1.165) is 32.5 Å². The molecule has 0 saturated carbocycles. The van der Waals surface area contributed by atoms with Gasteiger partial charge in [-0.2, -0.15) is 0 Å². The van der Waals surface area contributed by atoms with Gasteiger partial charge in [-0.15, -0.1) is 11.3 Å². The molecule has 1 N–H and O–H groups in total. The molecule has 0 amide bonds. The summed E-state index contributed by atoms with van der Waals surface area (Å²) in [6.07, 6.45) is 8.28. The zero-order valence-electron chi connectivity index (χ0n) is 16.3. The highest BCUT2D eigenvalue weighted by Crippen LogP contribution is 2.25. The molecular weight excluding hydrogens is 382 g/mol. The van der Waals surface area contributed by atoms with Gasteiger partial charge in [0.05, 0.1) is 10.2 Å². The molecule has 0 aliphatic carbocycles. The lowest BCUT2D eigenvalue weighted by molar-refractivity contribution is 0.0980. The molecule has 146 valence electrons. The lowest BCUT2D eigenvalue weighted by Gasteiger charge is -2.08. The number of carbonyl (C=O) groups excluding carboxylic acids is 1. The molecule has 0 saturated heterocycles. The van der Waals surface area contributed by atoms with Gasteiger partial charge in [0, 0.05) is 37.8 Å². The predicted octanol–water partition coefficient (Wildman–Crippen LogP) is 4.53. The van der Waals surface area contributed by atoms with E-state index in [-0.39, 0.29) is 5.78 Å². The molecule has 0 spiro atoms. The van der Waals surface area contributed by atoms with Crippen LogP contribution in [0.1, 0.15) is 39.2 Å². The highest BCUT2D eigenvalue weighted by molar-refractivity contribution is 7.17. The lowest BCUT2D eigenvalue weighted by atomic mass is 10.1. The largest absolute Gasteiger partial charge is 0.350 e. The minimum absolute atomic E-state index is 0.0154. The Morgan fingerprint density at radius 1 is 1.00 bits per heavy atom. The fourth-order valence-corrected chi connectivity index (χ4v) is 4.00. The molecule has 7 heteroatoms. The van der Waals surface area contributed by atoms with Gasteiger partial charge < -0.3 is 5.32 Å². The Labute approximate surface area is 173 Å². The first-order chi connectivity index (χ1) is 14.1. The Morgan fingerprint density at radius 2 is 1.72 bits per heavy atom. The van der Waals surface area contributed by atoms with Gasteiger partial charge in [0.15, 0.2) is 5.78 Å². The summed E-state index contributed by atoms with van der Waals surface area (Å²) in [5, 5.41) is 5.17. The van der Waals surface area contributed by atoms with Gasteiger partial charge in [0.1, 0.15) is 5.69 Å².